The van der Waals surface area contributed by atoms with Crippen LogP contribution in [0.4, 0.5) is 5.69 Å². The van der Waals surface area contributed by atoms with Crippen molar-refractivity contribution in [1.29, 1.82) is 0 Å². The van der Waals surface area contributed by atoms with E-state index in [1.54, 1.807) is 49.6 Å². The van der Waals surface area contributed by atoms with Gasteiger partial charge in [0.25, 0.3) is 0 Å². The molecule has 0 bridgehead atoms. The number of hydrogen-bond acceptors (Lipinski definition) is 12. The Morgan fingerprint density at radius 1 is 0.585 bits per heavy atom. The topological polar surface area (TPSA) is 136 Å². The first-order valence-corrected chi connectivity index (χ1v) is 21.2. The molecule has 2 aromatic rings. The zero-order valence-electron chi connectivity index (χ0n) is 32.3. The van der Waals surface area contributed by atoms with Gasteiger partial charge in [-0.15, -0.1) is 10.7 Å². The van der Waals surface area contributed by atoms with Crippen LogP contribution in [0, 0.1) is 23.3 Å². The standard InChI is InChI=1S/C39H55N3O10Si/c1-8-42(9-2)41-40-37-30-33(28-36(31-37)39(44)52-24-22-50-20-18-48-16-14-46-4)11-10-32-26-34(12-25-53(5,6)7)29-35(27-32)38(43)51-23-21-49-19-17-47-15-13-45-3/h26-31H,8-9,13-24H2,1-7H3. The molecule has 2 rings (SSSR count). The van der Waals surface area contributed by atoms with Crippen LogP contribution in [0.2, 0.25) is 19.6 Å². The predicted octanol–water partition coefficient (Wildman–Crippen LogP) is 5.33. The maximum atomic E-state index is 13.1. The number of ether oxygens (including phenoxy) is 8. The van der Waals surface area contributed by atoms with Gasteiger partial charge in [0.15, 0.2) is 0 Å². The number of nitrogens with zero attached hydrogens (tertiary/aromatic N) is 3. The summed E-state index contributed by atoms with van der Waals surface area (Å²) in [5.41, 5.74) is 6.04. The molecule has 2 aromatic carbocycles. The second kappa shape index (κ2) is 26.6. The number of benzene rings is 2. The summed E-state index contributed by atoms with van der Waals surface area (Å²) in [6, 6.07) is 10.1. The molecule has 0 unspecified atom stereocenters. The maximum Gasteiger partial charge on any atom is 0.338 e. The SMILES string of the molecule is CCN(CC)N=Nc1cc(C#Cc2cc(C#C[Si](C)(C)C)cc(C(=O)OCCOCCOCCOC)c2)cc(C(=O)OCCOCCOCCOC)c1. The summed E-state index contributed by atoms with van der Waals surface area (Å²) in [5, 5.41) is 10.4. The van der Waals surface area contributed by atoms with E-state index >= 15 is 0 Å². The van der Waals surface area contributed by atoms with Crippen LogP contribution in [0.15, 0.2) is 46.7 Å². The van der Waals surface area contributed by atoms with Crippen LogP contribution in [0.25, 0.3) is 0 Å². The van der Waals surface area contributed by atoms with Crippen molar-refractivity contribution >= 4 is 25.7 Å². The number of carbonyl (C=O) groups excluding carboxylic acids is 2. The summed E-state index contributed by atoms with van der Waals surface area (Å²) in [5.74, 6) is 8.39. The van der Waals surface area contributed by atoms with Crippen LogP contribution < -0.4 is 0 Å². The molecule has 0 heterocycles. The van der Waals surface area contributed by atoms with Crippen molar-refractivity contribution in [3.8, 4) is 23.3 Å². The number of esters is 2. The van der Waals surface area contributed by atoms with E-state index in [9.17, 15) is 9.59 Å². The summed E-state index contributed by atoms with van der Waals surface area (Å²) >= 11 is 0. The average Bonchev–Trinajstić information content (AvgIpc) is 3.14. The predicted molar refractivity (Wildman–Crippen MR) is 204 cm³/mol. The number of methoxy groups -OCH3 is 2. The van der Waals surface area contributed by atoms with Crippen molar-refractivity contribution in [2.75, 3.05) is 107 Å². The normalized spacial score (nSPS) is 11.1. The molecule has 13 nitrogen and oxygen atoms in total. The highest BCUT2D eigenvalue weighted by atomic mass is 28.3. The fourth-order valence-corrected chi connectivity index (χ4v) is 4.62. The smallest absolute Gasteiger partial charge is 0.338 e. The fourth-order valence-electron chi connectivity index (χ4n) is 4.10. The first kappa shape index (κ1) is 45.0. The Balaban J connectivity index is 2.26. The largest absolute Gasteiger partial charge is 0.460 e. The second-order valence-corrected chi connectivity index (χ2v) is 17.1. The van der Waals surface area contributed by atoms with Crippen molar-refractivity contribution in [3.05, 3.63) is 64.2 Å². The molecule has 0 fully saturated rings. The van der Waals surface area contributed by atoms with E-state index in [-0.39, 0.29) is 32.0 Å². The molecule has 53 heavy (non-hydrogen) atoms. The Labute approximate surface area is 315 Å². The Morgan fingerprint density at radius 3 is 1.45 bits per heavy atom. The van der Waals surface area contributed by atoms with Crippen molar-refractivity contribution in [2.24, 2.45) is 10.3 Å². The quantitative estimate of drug-likeness (QED) is 0.0344. The summed E-state index contributed by atoms with van der Waals surface area (Å²) in [7, 11) is 1.50. The lowest BCUT2D eigenvalue weighted by Gasteiger charge is -2.11. The first-order chi connectivity index (χ1) is 25.6. The van der Waals surface area contributed by atoms with Gasteiger partial charge < -0.3 is 37.9 Å². The molecule has 14 heteroatoms. The number of rotatable bonds is 24. The highest BCUT2D eigenvalue weighted by Crippen LogP contribution is 2.20. The fraction of sp³-hybridized carbons (Fsp3) is 0.538. The van der Waals surface area contributed by atoms with Gasteiger partial charge in [-0.25, -0.2) is 9.59 Å². The monoisotopic (exact) mass is 753 g/mol. The number of carbonyl (C=O) groups is 2. The molecule has 0 saturated carbocycles. The highest BCUT2D eigenvalue weighted by molar-refractivity contribution is 6.83. The van der Waals surface area contributed by atoms with Crippen LogP contribution >= 0.6 is 0 Å². The van der Waals surface area contributed by atoms with Crippen LogP contribution in [-0.4, -0.2) is 132 Å². The molecule has 0 aliphatic rings. The lowest BCUT2D eigenvalue weighted by molar-refractivity contribution is 0.00552. The summed E-state index contributed by atoms with van der Waals surface area (Å²) in [6.07, 6.45) is 0. The van der Waals surface area contributed by atoms with Crippen molar-refractivity contribution < 1.29 is 47.5 Å². The molecule has 0 radical (unpaired) electrons. The van der Waals surface area contributed by atoms with Crippen LogP contribution in [0.1, 0.15) is 51.3 Å². The van der Waals surface area contributed by atoms with Crippen LogP contribution in [0.5, 0.6) is 0 Å². The van der Waals surface area contributed by atoms with Crippen molar-refractivity contribution in [2.45, 2.75) is 33.5 Å². The van der Waals surface area contributed by atoms with Crippen molar-refractivity contribution in [1.82, 2.24) is 5.01 Å². The van der Waals surface area contributed by atoms with Gasteiger partial charge in [0.1, 0.15) is 21.3 Å². The molecule has 0 atom stereocenters. The van der Waals surface area contributed by atoms with Gasteiger partial charge in [0, 0.05) is 44.0 Å². The minimum Gasteiger partial charge on any atom is -0.460 e. The van der Waals surface area contributed by atoms with E-state index in [1.165, 1.54) is 0 Å². The molecule has 0 aliphatic heterocycles. The van der Waals surface area contributed by atoms with E-state index in [1.807, 2.05) is 19.9 Å². The van der Waals surface area contributed by atoms with Crippen LogP contribution in [0.3, 0.4) is 0 Å². The van der Waals surface area contributed by atoms with Gasteiger partial charge in [0.05, 0.1) is 82.9 Å². The Hall–Kier alpha value is -4.12. The van der Waals surface area contributed by atoms with Gasteiger partial charge in [0.2, 0.25) is 0 Å². The highest BCUT2D eigenvalue weighted by Gasteiger charge is 2.13. The summed E-state index contributed by atoms with van der Waals surface area (Å²) < 4.78 is 42.5. The minimum atomic E-state index is -1.72. The van der Waals surface area contributed by atoms with E-state index in [4.69, 9.17) is 37.9 Å². The van der Waals surface area contributed by atoms with E-state index in [0.717, 1.165) is 0 Å². The van der Waals surface area contributed by atoms with Gasteiger partial charge in [-0.05, 0) is 50.2 Å². The van der Waals surface area contributed by atoms with Gasteiger partial charge in [-0.3, -0.25) is 5.01 Å². The maximum absolute atomic E-state index is 13.1. The van der Waals surface area contributed by atoms with Crippen molar-refractivity contribution in [3.63, 3.8) is 0 Å². The average molecular weight is 754 g/mol. The molecule has 0 amide bonds. The molecule has 290 valence electrons. The Bertz CT molecular complexity index is 1550. The molecule has 0 aliphatic carbocycles. The number of hydrogen-bond donors (Lipinski definition) is 0. The van der Waals surface area contributed by atoms with E-state index in [0.29, 0.717) is 93.9 Å². The second-order valence-electron chi connectivity index (χ2n) is 12.4. The Kier molecular flexibility index (Phi) is 22.6. The lowest BCUT2D eigenvalue weighted by Crippen LogP contribution is -2.16. The molecule has 0 aromatic heterocycles. The minimum absolute atomic E-state index is 0.0582. The third-order valence-corrected chi connectivity index (χ3v) is 7.68. The third-order valence-electron chi connectivity index (χ3n) is 6.80. The lowest BCUT2D eigenvalue weighted by atomic mass is 10.0. The molecular formula is C39H55N3O10Si. The first-order valence-electron chi connectivity index (χ1n) is 17.7. The molecule has 0 N–H and O–H groups in total. The summed E-state index contributed by atoms with van der Waals surface area (Å²) in [6.45, 7) is 15.9. The van der Waals surface area contributed by atoms with Gasteiger partial charge in [-0.1, -0.05) is 42.6 Å². The molecular weight excluding hydrogens is 699 g/mol. The van der Waals surface area contributed by atoms with Gasteiger partial charge >= 0.3 is 11.9 Å². The van der Waals surface area contributed by atoms with Crippen LogP contribution in [-0.2, 0) is 37.9 Å². The summed E-state index contributed by atoms with van der Waals surface area (Å²) in [4.78, 5) is 26.1. The van der Waals surface area contributed by atoms with E-state index in [2.05, 4.69) is 53.3 Å². The van der Waals surface area contributed by atoms with E-state index < -0.39 is 20.0 Å². The zero-order valence-corrected chi connectivity index (χ0v) is 33.3. The molecule has 0 spiro atoms. The zero-order chi connectivity index (χ0) is 38.7. The third kappa shape index (κ3) is 20.6. The molecule has 0 saturated heterocycles. The Morgan fingerprint density at radius 2 is 1.00 bits per heavy atom. The van der Waals surface area contributed by atoms with Gasteiger partial charge in [-0.2, -0.15) is 0 Å².